The van der Waals surface area contributed by atoms with Crippen LogP contribution in [0.3, 0.4) is 0 Å². The van der Waals surface area contributed by atoms with Gasteiger partial charge in [0, 0.05) is 18.5 Å². The van der Waals surface area contributed by atoms with Crippen molar-refractivity contribution in [3.8, 4) is 0 Å². The Morgan fingerprint density at radius 2 is 2.23 bits per heavy atom. The van der Waals surface area contributed by atoms with Crippen molar-refractivity contribution >= 4 is 17.3 Å². The van der Waals surface area contributed by atoms with Gasteiger partial charge in [-0.15, -0.1) is 21.5 Å². The molecule has 2 rings (SSSR count). The number of hydrogen-bond acceptors (Lipinski definition) is 4. The molecule has 6 nitrogen and oxygen atoms in total. The third-order valence-electron chi connectivity index (χ3n) is 3.39. The first-order valence-corrected chi connectivity index (χ1v) is 8.48. The molecule has 120 valence electrons. The van der Waals surface area contributed by atoms with Crippen LogP contribution in [-0.4, -0.2) is 27.3 Å². The summed E-state index contributed by atoms with van der Waals surface area (Å²) < 4.78 is 1.96. The quantitative estimate of drug-likeness (QED) is 0.466. The minimum Gasteiger partial charge on any atom is -0.356 e. The van der Waals surface area contributed by atoms with E-state index in [0.717, 1.165) is 43.5 Å². The molecular formula is C15H24N6S. The molecule has 0 spiro atoms. The maximum atomic E-state index is 4.62. The Hall–Kier alpha value is -1.89. The highest BCUT2D eigenvalue weighted by molar-refractivity contribution is 7.09. The van der Waals surface area contributed by atoms with E-state index in [0.29, 0.717) is 6.54 Å². The van der Waals surface area contributed by atoms with E-state index in [1.54, 1.807) is 11.3 Å². The van der Waals surface area contributed by atoms with Crippen molar-refractivity contribution in [1.29, 1.82) is 0 Å². The van der Waals surface area contributed by atoms with Crippen LogP contribution < -0.4 is 10.6 Å². The van der Waals surface area contributed by atoms with Gasteiger partial charge < -0.3 is 15.2 Å². The van der Waals surface area contributed by atoms with Crippen molar-refractivity contribution in [3.05, 3.63) is 34.0 Å². The Labute approximate surface area is 135 Å². The summed E-state index contributed by atoms with van der Waals surface area (Å²) in [4.78, 5) is 5.91. The summed E-state index contributed by atoms with van der Waals surface area (Å²) in [6, 6.07) is 4.18. The lowest BCUT2D eigenvalue weighted by atomic mass is 10.3. The second kappa shape index (κ2) is 8.53. The van der Waals surface area contributed by atoms with E-state index in [1.165, 1.54) is 4.88 Å². The minimum atomic E-state index is 0.517. The van der Waals surface area contributed by atoms with E-state index in [1.807, 2.05) is 18.5 Å². The van der Waals surface area contributed by atoms with Crippen molar-refractivity contribution in [2.24, 2.45) is 12.0 Å². The van der Waals surface area contributed by atoms with E-state index in [4.69, 9.17) is 0 Å². The van der Waals surface area contributed by atoms with Gasteiger partial charge in [-0.1, -0.05) is 19.4 Å². The fourth-order valence-electron chi connectivity index (χ4n) is 1.88. The molecule has 7 heteroatoms. The number of aryl methyl sites for hydroxylation is 1. The third-order valence-corrected chi connectivity index (χ3v) is 4.27. The Morgan fingerprint density at radius 3 is 2.86 bits per heavy atom. The largest absolute Gasteiger partial charge is 0.356 e. The second-order valence-electron chi connectivity index (χ2n) is 5.10. The van der Waals surface area contributed by atoms with Crippen LogP contribution in [0.4, 0.5) is 0 Å². The highest BCUT2D eigenvalue weighted by atomic mass is 32.1. The van der Waals surface area contributed by atoms with Crippen LogP contribution in [-0.2, 0) is 20.1 Å². The number of hydrogen-bond donors (Lipinski definition) is 2. The van der Waals surface area contributed by atoms with Gasteiger partial charge in [0.25, 0.3) is 0 Å². The van der Waals surface area contributed by atoms with Crippen LogP contribution in [0.15, 0.2) is 22.5 Å². The third kappa shape index (κ3) is 4.84. The van der Waals surface area contributed by atoms with Crippen LogP contribution in [0.5, 0.6) is 0 Å². The lowest BCUT2D eigenvalue weighted by Crippen LogP contribution is -2.37. The molecular weight excluding hydrogens is 296 g/mol. The summed E-state index contributed by atoms with van der Waals surface area (Å²) in [5, 5.41) is 17.0. The molecule has 0 saturated carbocycles. The summed E-state index contributed by atoms with van der Waals surface area (Å²) in [6.07, 6.45) is 2.29. The average molecular weight is 320 g/mol. The zero-order chi connectivity index (χ0) is 15.8. The number of aliphatic imine (C=N–C) groups is 1. The molecule has 0 aromatic carbocycles. The number of aromatic nitrogens is 3. The van der Waals surface area contributed by atoms with E-state index < -0.39 is 0 Å². The summed E-state index contributed by atoms with van der Waals surface area (Å²) in [6.45, 7) is 6.34. The van der Waals surface area contributed by atoms with Gasteiger partial charge in [-0.25, -0.2) is 4.99 Å². The average Bonchev–Trinajstić information content (AvgIpc) is 3.14. The molecule has 0 atom stereocenters. The zero-order valence-corrected chi connectivity index (χ0v) is 14.3. The molecule has 0 aliphatic heterocycles. The molecule has 0 bridgehead atoms. The predicted molar refractivity (Wildman–Crippen MR) is 90.9 cm³/mol. The standard InChI is InChI=1S/C15H24N6S/c1-4-5-8-16-15(17-10-13-7-6-9-22-13)18-11-14-20-19-12(2)21(14)3/h6-7,9H,4-5,8,10-11H2,1-3H3,(H2,16,17,18). The molecule has 2 heterocycles. The summed E-state index contributed by atoms with van der Waals surface area (Å²) in [7, 11) is 1.96. The molecule has 2 aromatic heterocycles. The summed E-state index contributed by atoms with van der Waals surface area (Å²) >= 11 is 1.74. The fourth-order valence-corrected chi connectivity index (χ4v) is 2.52. The van der Waals surface area contributed by atoms with E-state index in [9.17, 15) is 0 Å². The normalized spacial score (nSPS) is 11.7. The Kier molecular flexibility index (Phi) is 6.39. The van der Waals surface area contributed by atoms with Gasteiger partial charge in [-0.2, -0.15) is 0 Å². The Morgan fingerprint density at radius 1 is 1.36 bits per heavy atom. The molecule has 2 N–H and O–H groups in total. The first-order chi connectivity index (χ1) is 10.7. The van der Waals surface area contributed by atoms with Crippen molar-refractivity contribution in [2.75, 3.05) is 6.54 Å². The number of rotatable bonds is 7. The van der Waals surface area contributed by atoms with Gasteiger partial charge in [0.2, 0.25) is 0 Å². The number of unbranched alkanes of at least 4 members (excludes halogenated alkanes) is 1. The number of thiophene rings is 1. The highest BCUT2D eigenvalue weighted by Crippen LogP contribution is 2.07. The number of nitrogens with one attached hydrogen (secondary N) is 2. The highest BCUT2D eigenvalue weighted by Gasteiger charge is 2.05. The molecule has 0 fully saturated rings. The Balaban J connectivity index is 1.95. The SMILES string of the molecule is CCCCNC(=NCc1nnc(C)n1C)NCc1cccs1. The van der Waals surface area contributed by atoms with Gasteiger partial charge in [0.05, 0.1) is 6.54 Å². The van der Waals surface area contributed by atoms with Crippen LogP contribution in [0, 0.1) is 6.92 Å². The summed E-state index contributed by atoms with van der Waals surface area (Å²) in [5.41, 5.74) is 0. The monoisotopic (exact) mass is 320 g/mol. The summed E-state index contributed by atoms with van der Waals surface area (Å²) in [5.74, 6) is 2.59. The van der Waals surface area contributed by atoms with Gasteiger partial charge in [-0.3, -0.25) is 0 Å². The van der Waals surface area contributed by atoms with Crippen LogP contribution >= 0.6 is 11.3 Å². The predicted octanol–water partition coefficient (Wildman–Crippen LogP) is 2.22. The van der Waals surface area contributed by atoms with E-state index >= 15 is 0 Å². The van der Waals surface area contributed by atoms with Crippen molar-refractivity contribution in [2.45, 2.75) is 39.8 Å². The molecule has 0 aliphatic rings. The molecule has 0 saturated heterocycles. The molecule has 0 aliphatic carbocycles. The van der Waals surface area contributed by atoms with Gasteiger partial charge in [-0.05, 0) is 24.8 Å². The fraction of sp³-hybridized carbons (Fsp3) is 0.533. The van der Waals surface area contributed by atoms with Crippen molar-refractivity contribution in [1.82, 2.24) is 25.4 Å². The topological polar surface area (TPSA) is 67.1 Å². The zero-order valence-electron chi connectivity index (χ0n) is 13.5. The first-order valence-electron chi connectivity index (χ1n) is 7.60. The maximum absolute atomic E-state index is 4.62. The van der Waals surface area contributed by atoms with Crippen LogP contribution in [0.2, 0.25) is 0 Å². The molecule has 22 heavy (non-hydrogen) atoms. The van der Waals surface area contributed by atoms with Gasteiger partial charge >= 0.3 is 0 Å². The minimum absolute atomic E-state index is 0.517. The molecule has 0 unspecified atom stereocenters. The van der Waals surface area contributed by atoms with Crippen molar-refractivity contribution in [3.63, 3.8) is 0 Å². The van der Waals surface area contributed by atoms with Crippen LogP contribution in [0.25, 0.3) is 0 Å². The molecule has 2 aromatic rings. The van der Waals surface area contributed by atoms with Crippen LogP contribution in [0.1, 0.15) is 36.3 Å². The second-order valence-corrected chi connectivity index (χ2v) is 6.13. The van der Waals surface area contributed by atoms with E-state index in [-0.39, 0.29) is 0 Å². The lowest BCUT2D eigenvalue weighted by molar-refractivity contribution is 0.717. The number of guanidine groups is 1. The van der Waals surface area contributed by atoms with Crippen molar-refractivity contribution < 1.29 is 0 Å². The lowest BCUT2D eigenvalue weighted by Gasteiger charge is -2.11. The van der Waals surface area contributed by atoms with Gasteiger partial charge in [0.15, 0.2) is 11.8 Å². The maximum Gasteiger partial charge on any atom is 0.192 e. The Bertz CT molecular complexity index is 587. The smallest absolute Gasteiger partial charge is 0.192 e. The molecule has 0 radical (unpaired) electrons. The first kappa shape index (κ1) is 16.5. The molecule has 0 amide bonds. The number of nitrogens with zero attached hydrogens (tertiary/aromatic N) is 4. The van der Waals surface area contributed by atoms with Gasteiger partial charge in [0.1, 0.15) is 12.4 Å². The van der Waals surface area contributed by atoms with E-state index in [2.05, 4.69) is 50.3 Å².